The molecule has 0 aliphatic heterocycles. The van der Waals surface area contributed by atoms with E-state index in [2.05, 4.69) is 0 Å². The van der Waals surface area contributed by atoms with Gasteiger partial charge in [-0.2, -0.15) is 0 Å². The molecule has 1 nitrogen and oxygen atoms in total. The Labute approximate surface area is 63.6 Å². The molecule has 0 aromatic heterocycles. The maximum Gasteiger partial charge on any atom is 2.00 e. The van der Waals surface area contributed by atoms with Crippen LogP contribution in [0.4, 0.5) is 0 Å². The Morgan fingerprint density at radius 3 is 0.800 bits per heavy atom. The number of hydrogen-bond acceptors (Lipinski definition) is 0. The Bertz CT molecular complexity index is 7.61. The molecule has 0 saturated carbocycles. The zero-order valence-corrected chi connectivity index (χ0v) is 6.62. The van der Waals surface area contributed by atoms with Gasteiger partial charge < -0.3 is 20.3 Å². The summed E-state index contributed by atoms with van der Waals surface area (Å²) in [5.74, 6) is 0. The first-order valence-corrected chi connectivity index (χ1v) is 0. The van der Waals surface area contributed by atoms with E-state index in [0.717, 1.165) is 0 Å². The zero-order valence-electron chi connectivity index (χ0n) is 3.50. The Hall–Kier alpha value is 1.39. The molecule has 2 N–H and O–H groups in total. The molecular weight excluding hydrogens is 136 g/mol. The molecule has 0 fully saturated rings. The van der Waals surface area contributed by atoms with Crippen molar-refractivity contribution in [1.82, 2.24) is 0 Å². The summed E-state index contributed by atoms with van der Waals surface area (Å²) in [5.41, 5.74) is 0. The van der Waals surface area contributed by atoms with Crippen LogP contribution in [-0.4, -0.2) is 5.48 Å². The Morgan fingerprint density at radius 2 is 0.800 bits per heavy atom. The predicted octanol–water partition coefficient (Wildman–Crippen LogP) is 0.0709. The van der Waals surface area contributed by atoms with Crippen molar-refractivity contribution in [3.05, 3.63) is 14.9 Å². The van der Waals surface area contributed by atoms with E-state index in [4.69, 9.17) is 0 Å². The van der Waals surface area contributed by atoms with E-state index >= 15 is 0 Å². The molecule has 0 aliphatic rings. The summed E-state index contributed by atoms with van der Waals surface area (Å²) in [5, 5.41) is 0. The Morgan fingerprint density at radius 1 is 0.800 bits per heavy atom. The van der Waals surface area contributed by atoms with Gasteiger partial charge in [0.2, 0.25) is 0 Å². The van der Waals surface area contributed by atoms with Crippen molar-refractivity contribution in [3.63, 3.8) is 0 Å². The van der Waals surface area contributed by atoms with Crippen LogP contribution in [0, 0.1) is 14.9 Å². The SMILES string of the molecule is O.[CH3-].[CH3-].[Ti+2].[Ti]. The molecule has 0 radical (unpaired) electrons. The molecule has 0 saturated heterocycles. The maximum absolute atomic E-state index is 0. The van der Waals surface area contributed by atoms with Gasteiger partial charge >= 0.3 is 21.7 Å². The van der Waals surface area contributed by atoms with Gasteiger partial charge in [0.1, 0.15) is 0 Å². The Kier molecular flexibility index (Phi) is 1040. The quantitative estimate of drug-likeness (QED) is 0.340. The topological polar surface area (TPSA) is 31.5 Å². The molecule has 0 aromatic carbocycles. The third-order valence-electron chi connectivity index (χ3n) is 0. The van der Waals surface area contributed by atoms with Crippen molar-refractivity contribution >= 4 is 0 Å². The van der Waals surface area contributed by atoms with Crippen LogP contribution in [0.2, 0.25) is 0 Å². The molecule has 30 valence electrons. The van der Waals surface area contributed by atoms with Crippen molar-refractivity contribution in [2.45, 2.75) is 0 Å². The van der Waals surface area contributed by atoms with Crippen LogP contribution < -0.4 is 0 Å². The summed E-state index contributed by atoms with van der Waals surface area (Å²) in [6, 6.07) is 0. The van der Waals surface area contributed by atoms with Gasteiger partial charge in [0, 0.05) is 21.7 Å². The molecule has 5 heavy (non-hydrogen) atoms. The van der Waals surface area contributed by atoms with Gasteiger partial charge in [-0.3, -0.25) is 0 Å². The van der Waals surface area contributed by atoms with Crippen LogP contribution in [0.25, 0.3) is 0 Å². The molecule has 0 aromatic rings. The maximum atomic E-state index is 0. The second-order valence-electron chi connectivity index (χ2n) is 0. The molecule has 3 heteroatoms. The van der Waals surface area contributed by atoms with Gasteiger partial charge in [0.05, 0.1) is 0 Å². The number of rotatable bonds is 0. The average Bonchev–Trinajstić information content (AvgIpc) is 0. The van der Waals surface area contributed by atoms with Gasteiger partial charge in [-0.05, 0) is 0 Å². The van der Waals surface area contributed by atoms with Gasteiger partial charge in [-0.25, -0.2) is 0 Å². The summed E-state index contributed by atoms with van der Waals surface area (Å²) in [4.78, 5) is 0. The molecule has 0 amide bonds. The summed E-state index contributed by atoms with van der Waals surface area (Å²) in [6.45, 7) is 0. The van der Waals surface area contributed by atoms with Gasteiger partial charge in [0.25, 0.3) is 0 Å². The number of hydrogen-bond donors (Lipinski definition) is 0. The first-order valence-electron chi connectivity index (χ1n) is 0. The van der Waals surface area contributed by atoms with Crippen molar-refractivity contribution in [3.8, 4) is 0 Å². The third kappa shape index (κ3) is 32.1. The van der Waals surface area contributed by atoms with Crippen molar-refractivity contribution in [2.24, 2.45) is 0 Å². The van der Waals surface area contributed by atoms with Crippen molar-refractivity contribution in [1.29, 1.82) is 0 Å². The van der Waals surface area contributed by atoms with Crippen LogP contribution in [-0.2, 0) is 43.4 Å². The van der Waals surface area contributed by atoms with Crippen LogP contribution in [0.15, 0.2) is 0 Å². The second-order valence-corrected chi connectivity index (χ2v) is 0. The van der Waals surface area contributed by atoms with Crippen molar-refractivity contribution in [2.75, 3.05) is 0 Å². The molecule has 0 atom stereocenters. The third-order valence-corrected chi connectivity index (χ3v) is 0. The monoisotopic (exact) mass is 144 g/mol. The smallest absolute Gasteiger partial charge is 0.412 e. The first kappa shape index (κ1) is 96.2. The van der Waals surface area contributed by atoms with Crippen LogP contribution in [0.5, 0.6) is 0 Å². The molecule has 0 heterocycles. The average molecular weight is 144 g/mol. The van der Waals surface area contributed by atoms with E-state index in [0.29, 0.717) is 0 Å². The summed E-state index contributed by atoms with van der Waals surface area (Å²) >= 11 is 0. The van der Waals surface area contributed by atoms with E-state index < -0.39 is 0 Å². The molecule has 0 bridgehead atoms. The van der Waals surface area contributed by atoms with Gasteiger partial charge in [-0.1, -0.05) is 0 Å². The minimum Gasteiger partial charge on any atom is -0.412 e. The van der Waals surface area contributed by atoms with Crippen LogP contribution in [0.1, 0.15) is 0 Å². The fourth-order valence-electron chi connectivity index (χ4n) is 0. The molecule has 0 aliphatic carbocycles. The van der Waals surface area contributed by atoms with Crippen molar-refractivity contribution < 1.29 is 48.9 Å². The van der Waals surface area contributed by atoms with Crippen LogP contribution in [0.3, 0.4) is 0 Å². The van der Waals surface area contributed by atoms with E-state index in [1.165, 1.54) is 0 Å². The summed E-state index contributed by atoms with van der Waals surface area (Å²) in [6.07, 6.45) is 0. The standard InChI is InChI=1S/2CH3.H2O.2Ti/h2*1H3;1H2;;/q2*-1;;;+2. The fourth-order valence-corrected chi connectivity index (χ4v) is 0. The second kappa shape index (κ2) is 53.8. The van der Waals surface area contributed by atoms with E-state index in [1.54, 1.807) is 0 Å². The minimum absolute atomic E-state index is 0. The van der Waals surface area contributed by atoms with E-state index in [9.17, 15) is 0 Å². The molecule has 0 unspecified atom stereocenters. The largest absolute Gasteiger partial charge is 2.00 e. The molecular formula is C2H8OTi2. The van der Waals surface area contributed by atoms with E-state index in [1.807, 2.05) is 0 Å². The van der Waals surface area contributed by atoms with Gasteiger partial charge in [-0.15, -0.1) is 0 Å². The van der Waals surface area contributed by atoms with Crippen LogP contribution >= 0.6 is 0 Å². The summed E-state index contributed by atoms with van der Waals surface area (Å²) in [7, 11) is 0. The zero-order chi connectivity index (χ0) is 0. The summed E-state index contributed by atoms with van der Waals surface area (Å²) < 4.78 is 0. The molecule has 0 spiro atoms. The predicted molar refractivity (Wildman–Crippen MR) is 16.4 cm³/mol. The fraction of sp³-hybridized carbons (Fsp3) is 0. The van der Waals surface area contributed by atoms with E-state index in [-0.39, 0.29) is 63.8 Å². The minimum atomic E-state index is 0. The Balaban J connectivity index is 0. The molecule has 0 rings (SSSR count). The normalized spacial score (nSPS) is 0. The first-order chi connectivity index (χ1) is 0. The van der Waals surface area contributed by atoms with Gasteiger partial charge in [0.15, 0.2) is 0 Å².